The van der Waals surface area contributed by atoms with Gasteiger partial charge in [0.15, 0.2) is 5.79 Å². The Morgan fingerprint density at radius 3 is 2.27 bits per heavy atom. The lowest BCUT2D eigenvalue weighted by Gasteiger charge is -2.19. The highest BCUT2D eigenvalue weighted by atomic mass is 16.6. The highest BCUT2D eigenvalue weighted by Crippen LogP contribution is 2.73. The molecule has 0 spiro atoms. The fraction of sp³-hybridized carbons (Fsp3) is 1.00. The lowest BCUT2D eigenvalue weighted by atomic mass is 10.3. The molecule has 2 rings (SSSR count). The Bertz CT molecular complexity index is 189. The summed E-state index contributed by atoms with van der Waals surface area (Å²) >= 11 is 0. The standard InChI is InChI=1S/C8H15NO2/c1-6(2,10)11-8-4-7(8,5-8)9-3/h9-10H,4-5H2,1-3H3. The van der Waals surface area contributed by atoms with Gasteiger partial charge in [-0.1, -0.05) is 0 Å². The van der Waals surface area contributed by atoms with E-state index >= 15 is 0 Å². The molecular formula is C8H15NO2. The molecule has 3 nitrogen and oxygen atoms in total. The maximum absolute atomic E-state index is 9.38. The van der Waals surface area contributed by atoms with Gasteiger partial charge in [0.25, 0.3) is 0 Å². The lowest BCUT2D eigenvalue weighted by molar-refractivity contribution is -0.200. The Morgan fingerprint density at radius 1 is 1.45 bits per heavy atom. The molecule has 0 unspecified atom stereocenters. The third-order valence-electron chi connectivity index (χ3n) is 2.72. The smallest absolute Gasteiger partial charge is 0.160 e. The van der Waals surface area contributed by atoms with Crippen LogP contribution in [0.4, 0.5) is 0 Å². The predicted molar refractivity (Wildman–Crippen MR) is 41.1 cm³/mol. The second-order valence-electron chi connectivity index (χ2n) is 4.23. The van der Waals surface area contributed by atoms with Gasteiger partial charge >= 0.3 is 0 Å². The Labute approximate surface area is 66.7 Å². The van der Waals surface area contributed by atoms with Crippen molar-refractivity contribution < 1.29 is 9.84 Å². The number of nitrogens with one attached hydrogen (secondary N) is 1. The van der Waals surface area contributed by atoms with Crippen molar-refractivity contribution in [3.05, 3.63) is 0 Å². The third kappa shape index (κ3) is 0.916. The Hall–Kier alpha value is -0.120. The molecule has 0 atom stereocenters. The summed E-state index contributed by atoms with van der Waals surface area (Å²) < 4.78 is 5.50. The van der Waals surface area contributed by atoms with E-state index in [1.807, 2.05) is 7.05 Å². The summed E-state index contributed by atoms with van der Waals surface area (Å²) in [5, 5.41) is 12.6. The molecule has 0 saturated heterocycles. The van der Waals surface area contributed by atoms with Crippen molar-refractivity contribution >= 4 is 0 Å². The second-order valence-corrected chi connectivity index (χ2v) is 4.23. The minimum absolute atomic E-state index is 0.0139. The molecule has 2 saturated carbocycles. The van der Waals surface area contributed by atoms with Gasteiger partial charge in [0, 0.05) is 0 Å². The molecule has 0 aromatic carbocycles. The van der Waals surface area contributed by atoms with E-state index in [1.54, 1.807) is 13.8 Å². The van der Waals surface area contributed by atoms with Crippen molar-refractivity contribution in [1.82, 2.24) is 5.32 Å². The van der Waals surface area contributed by atoms with Crippen LogP contribution in [0.3, 0.4) is 0 Å². The Morgan fingerprint density at radius 2 is 2.00 bits per heavy atom. The molecule has 64 valence electrons. The Balaban J connectivity index is 1.93. The monoisotopic (exact) mass is 157 g/mol. The van der Waals surface area contributed by atoms with Gasteiger partial charge in [-0.2, -0.15) is 0 Å². The van der Waals surface area contributed by atoms with Gasteiger partial charge in [-0.3, -0.25) is 0 Å². The van der Waals surface area contributed by atoms with E-state index in [0.717, 1.165) is 12.8 Å². The zero-order chi connectivity index (χ0) is 8.33. The van der Waals surface area contributed by atoms with Crippen molar-refractivity contribution in [1.29, 1.82) is 0 Å². The summed E-state index contributed by atoms with van der Waals surface area (Å²) in [5.41, 5.74) is 0.215. The van der Waals surface area contributed by atoms with Crippen LogP contribution in [0.15, 0.2) is 0 Å². The van der Waals surface area contributed by atoms with Gasteiger partial charge in [-0.15, -0.1) is 0 Å². The summed E-state index contributed by atoms with van der Waals surface area (Å²) in [6.45, 7) is 3.36. The highest BCUT2D eigenvalue weighted by molar-refractivity contribution is 5.42. The molecule has 0 bridgehead atoms. The lowest BCUT2D eigenvalue weighted by Crippen LogP contribution is -2.28. The maximum Gasteiger partial charge on any atom is 0.160 e. The first kappa shape index (κ1) is 7.53. The number of fused-ring (bicyclic) bond motifs is 1. The van der Waals surface area contributed by atoms with E-state index in [2.05, 4.69) is 5.32 Å². The Kier molecular flexibility index (Phi) is 1.11. The fourth-order valence-electron chi connectivity index (χ4n) is 1.89. The first-order valence-electron chi connectivity index (χ1n) is 4.05. The van der Waals surface area contributed by atoms with E-state index in [-0.39, 0.29) is 11.1 Å². The van der Waals surface area contributed by atoms with Gasteiger partial charge in [0.1, 0.15) is 0 Å². The van der Waals surface area contributed by atoms with E-state index in [1.165, 1.54) is 0 Å². The van der Waals surface area contributed by atoms with Crippen molar-refractivity contribution in [3.63, 3.8) is 0 Å². The minimum atomic E-state index is -0.977. The molecule has 11 heavy (non-hydrogen) atoms. The summed E-state index contributed by atoms with van der Waals surface area (Å²) in [4.78, 5) is 0. The topological polar surface area (TPSA) is 41.5 Å². The quantitative estimate of drug-likeness (QED) is 0.576. The van der Waals surface area contributed by atoms with Crippen LogP contribution in [0.2, 0.25) is 0 Å². The molecule has 0 amide bonds. The average Bonchev–Trinajstić information content (AvgIpc) is 2.48. The van der Waals surface area contributed by atoms with Crippen molar-refractivity contribution in [2.45, 2.75) is 43.6 Å². The molecule has 0 radical (unpaired) electrons. The molecule has 2 aliphatic carbocycles. The SMILES string of the molecule is CNC12CC1(OC(C)(C)O)C2. The molecule has 3 heteroatoms. The second kappa shape index (κ2) is 1.63. The van der Waals surface area contributed by atoms with E-state index in [9.17, 15) is 5.11 Å². The van der Waals surface area contributed by atoms with Crippen LogP contribution in [0, 0.1) is 0 Å². The number of hydrogen-bond donors (Lipinski definition) is 2. The summed E-state index contributed by atoms with van der Waals surface area (Å²) in [5.74, 6) is -0.977. The summed E-state index contributed by atoms with van der Waals surface area (Å²) in [6, 6.07) is 0. The van der Waals surface area contributed by atoms with Crippen LogP contribution < -0.4 is 5.32 Å². The van der Waals surface area contributed by atoms with Gasteiger partial charge in [-0.25, -0.2) is 0 Å². The number of ether oxygens (including phenoxy) is 1. The number of hydrogen-bond acceptors (Lipinski definition) is 3. The first-order chi connectivity index (χ1) is 4.93. The highest BCUT2D eigenvalue weighted by Gasteiger charge is 2.85. The fourth-order valence-corrected chi connectivity index (χ4v) is 1.89. The largest absolute Gasteiger partial charge is 0.366 e. The van der Waals surface area contributed by atoms with Crippen molar-refractivity contribution in [2.24, 2.45) is 0 Å². The molecule has 2 fully saturated rings. The van der Waals surface area contributed by atoms with Crippen LogP contribution in [0.5, 0.6) is 0 Å². The number of aliphatic hydroxyl groups is 1. The number of rotatable bonds is 3. The van der Waals surface area contributed by atoms with Crippen LogP contribution in [0.1, 0.15) is 26.7 Å². The zero-order valence-electron chi connectivity index (χ0n) is 7.27. The van der Waals surface area contributed by atoms with Crippen molar-refractivity contribution in [3.8, 4) is 0 Å². The van der Waals surface area contributed by atoms with Gasteiger partial charge in [-0.05, 0) is 33.7 Å². The average molecular weight is 157 g/mol. The summed E-state index contributed by atoms with van der Waals surface area (Å²) in [7, 11) is 1.95. The van der Waals surface area contributed by atoms with Gasteiger partial charge in [0.05, 0.1) is 11.1 Å². The maximum atomic E-state index is 9.38. The van der Waals surface area contributed by atoms with Crippen LogP contribution in [-0.2, 0) is 4.74 Å². The summed E-state index contributed by atoms with van der Waals surface area (Å²) in [6.07, 6.45) is 2.11. The van der Waals surface area contributed by atoms with Crippen LogP contribution in [-0.4, -0.2) is 29.1 Å². The van der Waals surface area contributed by atoms with Gasteiger partial charge < -0.3 is 15.2 Å². The van der Waals surface area contributed by atoms with Crippen LogP contribution >= 0.6 is 0 Å². The predicted octanol–water partition coefficient (Wildman–Crippen LogP) is 0.236. The normalized spacial score (nSPS) is 46.9. The first-order valence-corrected chi connectivity index (χ1v) is 4.05. The molecule has 2 aliphatic rings. The molecule has 0 heterocycles. The van der Waals surface area contributed by atoms with Crippen LogP contribution in [0.25, 0.3) is 0 Å². The van der Waals surface area contributed by atoms with E-state index in [0.29, 0.717) is 0 Å². The third-order valence-corrected chi connectivity index (χ3v) is 2.72. The molecule has 0 aromatic rings. The molecule has 0 aliphatic heterocycles. The zero-order valence-corrected chi connectivity index (χ0v) is 7.27. The molecular weight excluding hydrogens is 142 g/mol. The number of likely N-dealkylation sites (N-methyl/N-ethyl adjacent to an activating group) is 1. The van der Waals surface area contributed by atoms with Gasteiger partial charge in [0.2, 0.25) is 0 Å². The minimum Gasteiger partial charge on any atom is -0.366 e. The van der Waals surface area contributed by atoms with E-state index < -0.39 is 5.79 Å². The molecule has 0 aromatic heterocycles. The molecule has 2 N–H and O–H groups in total. The van der Waals surface area contributed by atoms with E-state index in [4.69, 9.17) is 4.74 Å². The van der Waals surface area contributed by atoms with Crippen molar-refractivity contribution in [2.75, 3.05) is 7.05 Å².